The number of piperidine rings is 1. The van der Waals surface area contributed by atoms with Crippen LogP contribution < -0.4 is 5.32 Å². The Balaban J connectivity index is 0.00000312. The van der Waals surface area contributed by atoms with E-state index in [2.05, 4.69) is 51.8 Å². The molecule has 1 aliphatic heterocycles. The molecular weight excluding hydrogens is 429 g/mol. The zero-order chi connectivity index (χ0) is 17.5. The number of aliphatic imine (C=N–C) groups is 1. The van der Waals surface area contributed by atoms with Gasteiger partial charge in [-0.2, -0.15) is 5.10 Å². The minimum absolute atomic E-state index is 0. The Labute approximate surface area is 169 Å². The van der Waals surface area contributed by atoms with E-state index in [-0.39, 0.29) is 24.0 Å². The number of aryl methyl sites for hydroxylation is 2. The number of rotatable bonds is 6. The number of ether oxygens (including phenoxy) is 1. The smallest absolute Gasteiger partial charge is 0.193 e. The van der Waals surface area contributed by atoms with E-state index >= 15 is 0 Å². The maximum atomic E-state index is 5.73. The predicted octanol–water partition coefficient (Wildman–Crippen LogP) is 2.83. The molecule has 7 heteroatoms. The molecule has 0 amide bonds. The van der Waals surface area contributed by atoms with Crippen LogP contribution >= 0.6 is 24.0 Å². The molecule has 0 bridgehead atoms. The molecule has 6 nitrogen and oxygen atoms in total. The molecule has 144 valence electrons. The van der Waals surface area contributed by atoms with Crippen molar-refractivity contribution < 1.29 is 4.74 Å². The Bertz CT molecular complexity index is 538. The molecule has 25 heavy (non-hydrogen) atoms. The highest BCUT2D eigenvalue weighted by Gasteiger charge is 2.21. The number of guanidine groups is 1. The topological polar surface area (TPSA) is 54.7 Å². The number of hydrogen-bond acceptors (Lipinski definition) is 3. The van der Waals surface area contributed by atoms with Crippen molar-refractivity contribution in [2.75, 3.05) is 33.3 Å². The van der Waals surface area contributed by atoms with Crippen LogP contribution in [0.25, 0.3) is 0 Å². The summed E-state index contributed by atoms with van der Waals surface area (Å²) in [5.74, 6) is 1.49. The van der Waals surface area contributed by atoms with Crippen LogP contribution in [0.3, 0.4) is 0 Å². The standard InChI is InChI=1S/C18H33N5O.HI/c1-6-24-17-7-9-22(10-8-17)18(19-5)20-12-14(2)13-23-16(4)11-15(3)21-23;/h11,14,17H,6-10,12-13H2,1-5H3,(H,19,20);1H. The van der Waals surface area contributed by atoms with Gasteiger partial charge in [0.15, 0.2) is 5.96 Å². The molecule has 1 atom stereocenters. The lowest BCUT2D eigenvalue weighted by atomic mass is 10.1. The predicted molar refractivity (Wildman–Crippen MR) is 114 cm³/mol. The normalized spacial score (nSPS) is 17.3. The van der Waals surface area contributed by atoms with Gasteiger partial charge in [-0.05, 0) is 45.6 Å². The van der Waals surface area contributed by atoms with Crippen LogP contribution in [0, 0.1) is 19.8 Å². The van der Waals surface area contributed by atoms with Crippen molar-refractivity contribution in [1.29, 1.82) is 0 Å². The molecule has 1 unspecified atom stereocenters. The Kier molecular flexibility index (Phi) is 9.78. The van der Waals surface area contributed by atoms with Gasteiger partial charge < -0.3 is 15.0 Å². The van der Waals surface area contributed by atoms with Crippen LogP contribution in [0.5, 0.6) is 0 Å². The second-order valence-corrected chi connectivity index (χ2v) is 6.78. The van der Waals surface area contributed by atoms with Gasteiger partial charge in [0.05, 0.1) is 11.8 Å². The third-order valence-corrected chi connectivity index (χ3v) is 4.55. The number of halogens is 1. The third kappa shape index (κ3) is 6.77. The number of likely N-dealkylation sites (tertiary alicyclic amines) is 1. The maximum Gasteiger partial charge on any atom is 0.193 e. The van der Waals surface area contributed by atoms with Crippen LogP contribution in [0.2, 0.25) is 0 Å². The van der Waals surface area contributed by atoms with Crippen molar-refractivity contribution in [3.8, 4) is 0 Å². The van der Waals surface area contributed by atoms with E-state index in [4.69, 9.17) is 4.74 Å². The molecule has 0 saturated carbocycles. The second-order valence-electron chi connectivity index (χ2n) is 6.78. The molecule has 1 aromatic heterocycles. The summed E-state index contributed by atoms with van der Waals surface area (Å²) in [4.78, 5) is 6.79. The van der Waals surface area contributed by atoms with Gasteiger partial charge in [0, 0.05) is 45.5 Å². The minimum atomic E-state index is 0. The summed E-state index contributed by atoms with van der Waals surface area (Å²) in [5.41, 5.74) is 2.31. The molecular formula is C18H34IN5O. The van der Waals surface area contributed by atoms with Crippen molar-refractivity contribution >= 4 is 29.9 Å². The van der Waals surface area contributed by atoms with Crippen molar-refractivity contribution in [2.24, 2.45) is 10.9 Å². The molecule has 2 heterocycles. The number of nitrogens with zero attached hydrogens (tertiary/aromatic N) is 4. The quantitative estimate of drug-likeness (QED) is 0.401. The van der Waals surface area contributed by atoms with Gasteiger partial charge in [-0.1, -0.05) is 6.92 Å². The largest absolute Gasteiger partial charge is 0.378 e. The lowest BCUT2D eigenvalue weighted by Gasteiger charge is -2.34. The fraction of sp³-hybridized carbons (Fsp3) is 0.778. The van der Waals surface area contributed by atoms with E-state index in [1.54, 1.807) is 0 Å². The van der Waals surface area contributed by atoms with Gasteiger partial charge in [0.25, 0.3) is 0 Å². The highest BCUT2D eigenvalue weighted by atomic mass is 127. The Hall–Kier alpha value is -0.830. The first-order valence-electron chi connectivity index (χ1n) is 9.11. The van der Waals surface area contributed by atoms with Gasteiger partial charge >= 0.3 is 0 Å². The molecule has 1 saturated heterocycles. The van der Waals surface area contributed by atoms with Crippen LogP contribution in [-0.4, -0.2) is 60.0 Å². The molecule has 1 aliphatic rings. The summed E-state index contributed by atoms with van der Waals surface area (Å²) in [5, 5.41) is 8.07. The summed E-state index contributed by atoms with van der Waals surface area (Å²) in [6.45, 7) is 13.1. The molecule has 0 radical (unpaired) electrons. The summed E-state index contributed by atoms with van der Waals surface area (Å²) < 4.78 is 7.82. The minimum Gasteiger partial charge on any atom is -0.378 e. The van der Waals surface area contributed by atoms with Crippen molar-refractivity contribution in [3.05, 3.63) is 17.5 Å². The van der Waals surface area contributed by atoms with Gasteiger partial charge in [-0.3, -0.25) is 9.67 Å². The van der Waals surface area contributed by atoms with Crippen molar-refractivity contribution in [3.63, 3.8) is 0 Å². The molecule has 1 N–H and O–H groups in total. The van der Waals surface area contributed by atoms with Gasteiger partial charge in [-0.15, -0.1) is 24.0 Å². The first-order chi connectivity index (χ1) is 11.5. The average molecular weight is 463 g/mol. The maximum absolute atomic E-state index is 5.73. The monoisotopic (exact) mass is 463 g/mol. The van der Waals surface area contributed by atoms with Gasteiger partial charge in [0.1, 0.15) is 0 Å². The Morgan fingerprint density at radius 2 is 2.08 bits per heavy atom. The summed E-state index contributed by atoms with van der Waals surface area (Å²) in [6.07, 6.45) is 2.57. The van der Waals surface area contributed by atoms with Gasteiger partial charge in [0.2, 0.25) is 0 Å². The molecule has 1 aromatic rings. The first-order valence-corrected chi connectivity index (χ1v) is 9.11. The highest BCUT2D eigenvalue weighted by Crippen LogP contribution is 2.14. The SMILES string of the molecule is CCOC1CCN(C(=NC)NCC(C)Cn2nc(C)cc2C)CC1.I. The summed E-state index contributed by atoms with van der Waals surface area (Å²) in [7, 11) is 1.86. The van der Waals surface area contributed by atoms with Gasteiger partial charge in [-0.25, -0.2) is 0 Å². The Morgan fingerprint density at radius 3 is 2.60 bits per heavy atom. The van der Waals surface area contributed by atoms with E-state index < -0.39 is 0 Å². The number of aromatic nitrogens is 2. The lowest BCUT2D eigenvalue weighted by molar-refractivity contribution is 0.0263. The number of nitrogens with one attached hydrogen (secondary N) is 1. The van der Waals surface area contributed by atoms with E-state index in [1.165, 1.54) is 5.69 Å². The molecule has 0 aliphatic carbocycles. The molecule has 0 spiro atoms. The van der Waals surface area contributed by atoms with E-state index in [1.807, 2.05) is 14.0 Å². The summed E-state index contributed by atoms with van der Waals surface area (Å²) >= 11 is 0. The Morgan fingerprint density at radius 1 is 1.40 bits per heavy atom. The molecule has 1 fully saturated rings. The fourth-order valence-electron chi connectivity index (χ4n) is 3.29. The zero-order valence-corrected chi connectivity index (χ0v) is 18.6. The lowest BCUT2D eigenvalue weighted by Crippen LogP contribution is -2.48. The average Bonchev–Trinajstić information content (AvgIpc) is 2.87. The molecule has 2 rings (SSSR count). The number of hydrogen-bond donors (Lipinski definition) is 1. The summed E-state index contributed by atoms with van der Waals surface area (Å²) in [6, 6.07) is 2.13. The van der Waals surface area contributed by atoms with Crippen LogP contribution in [0.15, 0.2) is 11.1 Å². The first kappa shape index (κ1) is 22.2. The van der Waals surface area contributed by atoms with Crippen LogP contribution in [-0.2, 0) is 11.3 Å². The fourth-order valence-corrected chi connectivity index (χ4v) is 3.29. The van der Waals surface area contributed by atoms with Crippen LogP contribution in [0.1, 0.15) is 38.1 Å². The van der Waals surface area contributed by atoms with E-state index in [0.717, 1.165) is 57.3 Å². The van der Waals surface area contributed by atoms with Crippen molar-refractivity contribution in [1.82, 2.24) is 20.0 Å². The van der Waals surface area contributed by atoms with E-state index in [0.29, 0.717) is 12.0 Å². The highest BCUT2D eigenvalue weighted by molar-refractivity contribution is 14.0. The second kappa shape index (κ2) is 11.0. The van der Waals surface area contributed by atoms with E-state index in [9.17, 15) is 0 Å². The van der Waals surface area contributed by atoms with Crippen molar-refractivity contribution in [2.45, 2.75) is 53.2 Å². The molecule has 0 aromatic carbocycles. The zero-order valence-electron chi connectivity index (χ0n) is 16.3. The van der Waals surface area contributed by atoms with Crippen LogP contribution in [0.4, 0.5) is 0 Å². The third-order valence-electron chi connectivity index (χ3n) is 4.55.